The van der Waals surface area contributed by atoms with Crippen LogP contribution < -0.4 is 10.6 Å². The molecule has 1 fully saturated rings. The molecule has 1 aliphatic rings. The summed E-state index contributed by atoms with van der Waals surface area (Å²) in [6.45, 7) is 9.56. The van der Waals surface area contributed by atoms with Crippen LogP contribution in [-0.2, 0) is 6.42 Å². The number of rotatable bonds is 9. The SMILES string of the molecule is CCCCC(Cc1c[nH]c2ccccc12)NCC(=N)NC(=N)N1CCN(CC)CC1. The maximum Gasteiger partial charge on any atom is 0.196 e. The summed E-state index contributed by atoms with van der Waals surface area (Å²) in [6, 6.07) is 8.73. The number of para-hydroxylation sites is 1. The number of aromatic amines is 1. The molecule has 5 N–H and O–H groups in total. The highest BCUT2D eigenvalue weighted by Gasteiger charge is 2.19. The topological polar surface area (TPSA) is 94.0 Å². The number of amidine groups is 1. The molecule has 1 aromatic carbocycles. The number of hydrogen-bond acceptors (Lipinski definition) is 4. The molecule has 1 aliphatic heterocycles. The first-order valence-electron chi connectivity index (χ1n) is 11.3. The van der Waals surface area contributed by atoms with Gasteiger partial charge in [0, 0.05) is 49.3 Å². The summed E-state index contributed by atoms with van der Waals surface area (Å²) in [7, 11) is 0. The predicted molar refractivity (Wildman–Crippen MR) is 126 cm³/mol. The average Bonchev–Trinajstić information content (AvgIpc) is 3.18. The molecule has 1 atom stereocenters. The third kappa shape index (κ3) is 6.06. The minimum Gasteiger partial charge on any atom is -0.361 e. The van der Waals surface area contributed by atoms with Crippen molar-refractivity contribution in [1.82, 2.24) is 25.4 Å². The van der Waals surface area contributed by atoms with Crippen LogP contribution in [-0.4, -0.2) is 71.9 Å². The Kier molecular flexibility index (Phi) is 8.28. The summed E-state index contributed by atoms with van der Waals surface area (Å²) in [5.74, 6) is 0.706. The van der Waals surface area contributed by atoms with Crippen LogP contribution in [0.3, 0.4) is 0 Å². The molecule has 7 heteroatoms. The van der Waals surface area contributed by atoms with Crippen molar-refractivity contribution < 1.29 is 0 Å². The van der Waals surface area contributed by atoms with Crippen molar-refractivity contribution in [1.29, 1.82) is 10.8 Å². The number of hydrogen-bond donors (Lipinski definition) is 5. The van der Waals surface area contributed by atoms with Gasteiger partial charge in [0.05, 0.1) is 6.54 Å². The second kappa shape index (κ2) is 11.1. The third-order valence-electron chi connectivity index (χ3n) is 6.02. The lowest BCUT2D eigenvalue weighted by Gasteiger charge is -2.35. The van der Waals surface area contributed by atoms with E-state index in [9.17, 15) is 0 Å². The summed E-state index contributed by atoms with van der Waals surface area (Å²) in [4.78, 5) is 7.78. The lowest BCUT2D eigenvalue weighted by molar-refractivity contribution is 0.187. The second-order valence-electron chi connectivity index (χ2n) is 8.16. The van der Waals surface area contributed by atoms with E-state index in [4.69, 9.17) is 10.8 Å². The molecular weight excluding hydrogens is 374 g/mol. The van der Waals surface area contributed by atoms with Gasteiger partial charge < -0.3 is 25.4 Å². The zero-order valence-electron chi connectivity index (χ0n) is 18.4. The fourth-order valence-electron chi connectivity index (χ4n) is 4.09. The van der Waals surface area contributed by atoms with Gasteiger partial charge in [-0.2, -0.15) is 0 Å². The Balaban J connectivity index is 1.50. The maximum atomic E-state index is 8.31. The minimum absolute atomic E-state index is 0.314. The van der Waals surface area contributed by atoms with Gasteiger partial charge in [-0.15, -0.1) is 0 Å². The predicted octanol–water partition coefficient (Wildman–Crippen LogP) is 3.00. The molecular formula is C23H37N7. The van der Waals surface area contributed by atoms with E-state index in [0.717, 1.165) is 58.4 Å². The molecule has 0 aliphatic carbocycles. The zero-order chi connectivity index (χ0) is 21.3. The Morgan fingerprint density at radius 3 is 2.63 bits per heavy atom. The van der Waals surface area contributed by atoms with Crippen molar-refractivity contribution in [3.05, 3.63) is 36.0 Å². The Morgan fingerprint density at radius 1 is 1.13 bits per heavy atom. The Labute approximate surface area is 180 Å². The first kappa shape index (κ1) is 22.3. The van der Waals surface area contributed by atoms with Gasteiger partial charge >= 0.3 is 0 Å². The Hall–Kier alpha value is -2.38. The van der Waals surface area contributed by atoms with E-state index in [1.54, 1.807) is 0 Å². The zero-order valence-corrected chi connectivity index (χ0v) is 18.4. The number of nitrogens with one attached hydrogen (secondary N) is 5. The summed E-state index contributed by atoms with van der Waals surface area (Å²) in [5, 5.41) is 24.4. The van der Waals surface area contributed by atoms with E-state index in [1.807, 2.05) is 4.90 Å². The van der Waals surface area contributed by atoms with Crippen LogP contribution in [0.4, 0.5) is 0 Å². The number of piperazine rings is 1. The smallest absolute Gasteiger partial charge is 0.196 e. The van der Waals surface area contributed by atoms with Crippen LogP contribution in [0.1, 0.15) is 38.7 Å². The summed E-state index contributed by atoms with van der Waals surface area (Å²) < 4.78 is 0. The van der Waals surface area contributed by atoms with Crippen molar-refractivity contribution in [3.63, 3.8) is 0 Å². The molecule has 3 rings (SSSR count). The number of guanidine groups is 1. The van der Waals surface area contributed by atoms with Gasteiger partial charge in [-0.1, -0.05) is 44.9 Å². The first-order valence-corrected chi connectivity index (χ1v) is 11.3. The van der Waals surface area contributed by atoms with E-state index in [0.29, 0.717) is 24.4 Å². The van der Waals surface area contributed by atoms with Crippen LogP contribution in [0, 0.1) is 10.8 Å². The van der Waals surface area contributed by atoms with E-state index >= 15 is 0 Å². The Morgan fingerprint density at radius 2 is 1.90 bits per heavy atom. The average molecular weight is 412 g/mol. The molecule has 0 amide bonds. The maximum absolute atomic E-state index is 8.31. The summed E-state index contributed by atoms with van der Waals surface area (Å²) in [5.41, 5.74) is 2.49. The molecule has 0 spiro atoms. The van der Waals surface area contributed by atoms with E-state index in [2.05, 4.69) is 64.8 Å². The standard InChI is InChI=1S/C23H37N7/c1-3-5-8-19(15-18-16-27-21-10-7-6-9-20(18)21)26-17-22(24)28-23(25)30-13-11-29(4-2)12-14-30/h6-7,9-10,16,19,26-27H,3-5,8,11-15,17H2,1-2H3,(H3,24,25,28). The highest BCUT2D eigenvalue weighted by molar-refractivity contribution is 5.97. The fourth-order valence-corrected chi connectivity index (χ4v) is 4.09. The van der Waals surface area contributed by atoms with Crippen molar-refractivity contribution in [2.45, 2.75) is 45.6 Å². The quantitative estimate of drug-likeness (QED) is 0.324. The van der Waals surface area contributed by atoms with E-state index < -0.39 is 0 Å². The minimum atomic E-state index is 0.314. The van der Waals surface area contributed by atoms with Gasteiger partial charge in [0.2, 0.25) is 0 Å². The van der Waals surface area contributed by atoms with E-state index in [-0.39, 0.29) is 0 Å². The molecule has 164 valence electrons. The molecule has 2 heterocycles. The van der Waals surface area contributed by atoms with Crippen LogP contribution in [0.5, 0.6) is 0 Å². The van der Waals surface area contributed by atoms with Gasteiger partial charge in [-0.25, -0.2) is 0 Å². The molecule has 30 heavy (non-hydrogen) atoms. The van der Waals surface area contributed by atoms with E-state index in [1.165, 1.54) is 16.5 Å². The lowest BCUT2D eigenvalue weighted by atomic mass is 10.0. The number of unbranched alkanes of at least 4 members (excludes halogenated alkanes) is 1. The molecule has 1 aromatic heterocycles. The number of aromatic nitrogens is 1. The van der Waals surface area contributed by atoms with Crippen molar-refractivity contribution in [2.24, 2.45) is 0 Å². The number of fused-ring (bicyclic) bond motifs is 1. The van der Waals surface area contributed by atoms with Gasteiger partial charge in [-0.05, 0) is 31.0 Å². The molecule has 2 aromatic rings. The Bertz CT molecular complexity index is 820. The van der Waals surface area contributed by atoms with Crippen LogP contribution in [0.25, 0.3) is 10.9 Å². The summed E-state index contributed by atoms with van der Waals surface area (Å²) in [6.07, 6.45) is 6.46. The largest absolute Gasteiger partial charge is 0.361 e. The van der Waals surface area contributed by atoms with Crippen LogP contribution in [0.2, 0.25) is 0 Å². The summed E-state index contributed by atoms with van der Waals surface area (Å²) >= 11 is 0. The molecule has 0 saturated carbocycles. The molecule has 7 nitrogen and oxygen atoms in total. The van der Waals surface area contributed by atoms with Crippen molar-refractivity contribution in [2.75, 3.05) is 39.3 Å². The van der Waals surface area contributed by atoms with Gasteiger partial charge in [0.25, 0.3) is 0 Å². The van der Waals surface area contributed by atoms with Gasteiger partial charge in [0.15, 0.2) is 5.96 Å². The number of H-pyrrole nitrogens is 1. The molecule has 0 bridgehead atoms. The molecule has 1 saturated heterocycles. The van der Waals surface area contributed by atoms with Crippen molar-refractivity contribution >= 4 is 22.7 Å². The molecule has 1 unspecified atom stereocenters. The normalized spacial score (nSPS) is 16.0. The van der Waals surface area contributed by atoms with Crippen LogP contribution >= 0.6 is 0 Å². The van der Waals surface area contributed by atoms with Gasteiger partial charge in [-0.3, -0.25) is 10.8 Å². The number of benzene rings is 1. The third-order valence-corrected chi connectivity index (χ3v) is 6.02. The lowest BCUT2D eigenvalue weighted by Crippen LogP contribution is -2.54. The van der Waals surface area contributed by atoms with Crippen LogP contribution in [0.15, 0.2) is 30.5 Å². The highest BCUT2D eigenvalue weighted by atomic mass is 15.3. The number of likely N-dealkylation sites (N-methyl/N-ethyl adjacent to an activating group) is 1. The number of nitrogens with zero attached hydrogens (tertiary/aromatic N) is 2. The second-order valence-corrected chi connectivity index (χ2v) is 8.16. The first-order chi connectivity index (χ1) is 14.6. The monoisotopic (exact) mass is 411 g/mol. The van der Waals surface area contributed by atoms with Crippen molar-refractivity contribution in [3.8, 4) is 0 Å². The van der Waals surface area contributed by atoms with Gasteiger partial charge in [0.1, 0.15) is 5.84 Å². The highest BCUT2D eigenvalue weighted by Crippen LogP contribution is 2.20. The fraction of sp³-hybridized carbons (Fsp3) is 0.565. The molecule has 0 radical (unpaired) electrons.